The van der Waals surface area contributed by atoms with Crippen LogP contribution < -0.4 is 0 Å². The number of hydrogen-bond acceptors (Lipinski definition) is 3. The third-order valence-corrected chi connectivity index (χ3v) is 8.68. The van der Waals surface area contributed by atoms with Gasteiger partial charge in [0.15, 0.2) is 11.6 Å². The predicted molar refractivity (Wildman–Crippen MR) is 186 cm³/mol. The Labute approximate surface area is 260 Å². The number of benzene rings is 7. The van der Waals surface area contributed by atoms with E-state index in [1.165, 1.54) is 37.9 Å². The third kappa shape index (κ3) is 4.29. The van der Waals surface area contributed by atoms with Crippen molar-refractivity contribution in [2.24, 2.45) is 0 Å². The van der Waals surface area contributed by atoms with E-state index < -0.39 is 0 Å². The molecule has 0 radical (unpaired) electrons. The lowest BCUT2D eigenvalue weighted by atomic mass is 9.87. The molecule has 3 heteroatoms. The van der Waals surface area contributed by atoms with Gasteiger partial charge in [-0.3, -0.25) is 0 Å². The van der Waals surface area contributed by atoms with Gasteiger partial charge >= 0.3 is 0 Å². The van der Waals surface area contributed by atoms with Gasteiger partial charge in [0.1, 0.15) is 11.3 Å². The summed E-state index contributed by atoms with van der Waals surface area (Å²) in [6.45, 7) is 0. The molecule has 2 aromatic heterocycles. The van der Waals surface area contributed by atoms with Gasteiger partial charge in [-0.2, -0.15) is 0 Å². The number of fused-ring (bicyclic) bond motifs is 5. The second-order valence-corrected chi connectivity index (χ2v) is 11.4. The summed E-state index contributed by atoms with van der Waals surface area (Å²) in [6, 6.07) is 55.1. The molecule has 2 heterocycles. The highest BCUT2D eigenvalue weighted by atomic mass is 16.3. The minimum absolute atomic E-state index is 0.659. The highest BCUT2D eigenvalue weighted by molar-refractivity contribution is 6.21. The van der Waals surface area contributed by atoms with Crippen LogP contribution in [0.1, 0.15) is 0 Å². The number of rotatable bonds is 4. The van der Waals surface area contributed by atoms with Crippen molar-refractivity contribution in [3.8, 4) is 45.2 Å². The molecule has 0 saturated carbocycles. The molecule has 0 unspecified atom stereocenters. The fourth-order valence-corrected chi connectivity index (χ4v) is 6.57. The van der Waals surface area contributed by atoms with Crippen molar-refractivity contribution in [2.75, 3.05) is 0 Å². The Balaban J connectivity index is 1.34. The Morgan fingerprint density at radius 3 is 1.91 bits per heavy atom. The van der Waals surface area contributed by atoms with Crippen LogP contribution in [0.3, 0.4) is 0 Å². The second kappa shape index (κ2) is 10.3. The summed E-state index contributed by atoms with van der Waals surface area (Å²) in [5.41, 5.74) is 6.76. The number of nitrogens with zero attached hydrogens (tertiary/aromatic N) is 2. The first-order valence-corrected chi connectivity index (χ1v) is 15.2. The van der Waals surface area contributed by atoms with Crippen LogP contribution in [0.4, 0.5) is 0 Å². The molecule has 0 atom stereocenters. The average Bonchev–Trinajstić information content (AvgIpc) is 3.56. The van der Waals surface area contributed by atoms with E-state index in [9.17, 15) is 0 Å². The zero-order valence-corrected chi connectivity index (χ0v) is 24.3. The van der Waals surface area contributed by atoms with Crippen LogP contribution in [-0.2, 0) is 0 Å². The number of hydrogen-bond donors (Lipinski definition) is 0. The molecule has 9 aromatic rings. The largest absolute Gasteiger partial charge is 0.454 e. The van der Waals surface area contributed by atoms with E-state index in [-0.39, 0.29) is 0 Å². The van der Waals surface area contributed by atoms with Crippen LogP contribution in [0.2, 0.25) is 0 Å². The van der Waals surface area contributed by atoms with Gasteiger partial charge in [-0.15, -0.1) is 0 Å². The van der Waals surface area contributed by atoms with Crippen LogP contribution >= 0.6 is 0 Å². The van der Waals surface area contributed by atoms with Crippen LogP contribution in [0, 0.1) is 0 Å². The van der Waals surface area contributed by atoms with Crippen LogP contribution in [-0.4, -0.2) is 9.97 Å². The van der Waals surface area contributed by atoms with Gasteiger partial charge in [-0.25, -0.2) is 9.97 Å². The molecule has 0 N–H and O–H groups in total. The summed E-state index contributed by atoms with van der Waals surface area (Å²) in [6.07, 6.45) is 0. The van der Waals surface area contributed by atoms with E-state index in [1.54, 1.807) is 0 Å². The van der Waals surface area contributed by atoms with Gasteiger partial charge < -0.3 is 4.42 Å². The van der Waals surface area contributed by atoms with Crippen molar-refractivity contribution in [1.82, 2.24) is 9.97 Å². The van der Waals surface area contributed by atoms with Gasteiger partial charge in [0.05, 0.1) is 5.69 Å². The summed E-state index contributed by atoms with van der Waals surface area (Å²) in [5.74, 6) is 1.38. The maximum Gasteiger partial charge on any atom is 0.160 e. The van der Waals surface area contributed by atoms with E-state index in [0.29, 0.717) is 5.82 Å². The number of aromatic nitrogens is 2. The predicted octanol–water partition coefficient (Wildman–Crippen LogP) is 11.4. The van der Waals surface area contributed by atoms with E-state index >= 15 is 0 Å². The number of furan rings is 1. The molecular formula is C42H26N2O. The van der Waals surface area contributed by atoms with Gasteiger partial charge in [-0.05, 0) is 67.7 Å². The summed E-state index contributed by atoms with van der Waals surface area (Å²) in [7, 11) is 0. The summed E-state index contributed by atoms with van der Waals surface area (Å²) in [5, 5.41) is 8.41. The molecule has 3 nitrogen and oxygen atoms in total. The molecule has 0 bridgehead atoms. The molecule has 7 aromatic carbocycles. The minimum Gasteiger partial charge on any atom is -0.454 e. The average molecular weight is 575 g/mol. The minimum atomic E-state index is 0.659. The fraction of sp³-hybridized carbons (Fsp3) is 0. The number of para-hydroxylation sites is 1. The maximum atomic E-state index is 6.32. The molecule has 9 rings (SSSR count). The van der Waals surface area contributed by atoms with E-state index in [1.807, 2.05) is 36.4 Å². The Bertz CT molecular complexity index is 2510. The molecule has 0 saturated heterocycles. The highest BCUT2D eigenvalue weighted by Crippen LogP contribution is 2.43. The molecule has 0 spiro atoms. The van der Waals surface area contributed by atoms with Crippen molar-refractivity contribution >= 4 is 43.3 Å². The summed E-state index contributed by atoms with van der Waals surface area (Å²) >= 11 is 0. The zero-order chi connectivity index (χ0) is 29.7. The standard InChI is InChI=1S/C42H26N2O/c1-2-13-28(14-3-1)42-43-37(26-38(44-42)40-25-30-16-6-11-21-39(30)45-40)33-19-9-10-20-34(33)41-32-18-8-5-15-29(32)24-36-31-17-7-4-12-27(31)22-23-35(36)41/h1-26H. The van der Waals surface area contributed by atoms with Crippen molar-refractivity contribution in [1.29, 1.82) is 0 Å². The van der Waals surface area contributed by atoms with Crippen molar-refractivity contribution in [3.05, 3.63) is 158 Å². The second-order valence-electron chi connectivity index (χ2n) is 11.4. The van der Waals surface area contributed by atoms with Gasteiger partial charge in [0, 0.05) is 16.5 Å². The smallest absolute Gasteiger partial charge is 0.160 e. The summed E-state index contributed by atoms with van der Waals surface area (Å²) in [4.78, 5) is 10.2. The first kappa shape index (κ1) is 25.4. The Kier molecular flexibility index (Phi) is 5.82. The van der Waals surface area contributed by atoms with Crippen molar-refractivity contribution in [3.63, 3.8) is 0 Å². The van der Waals surface area contributed by atoms with E-state index in [4.69, 9.17) is 14.4 Å². The molecule has 0 aliphatic rings. The topological polar surface area (TPSA) is 38.9 Å². The molecule has 45 heavy (non-hydrogen) atoms. The van der Waals surface area contributed by atoms with Gasteiger partial charge in [0.2, 0.25) is 0 Å². The third-order valence-electron chi connectivity index (χ3n) is 8.68. The Morgan fingerprint density at radius 2 is 1.07 bits per heavy atom. The van der Waals surface area contributed by atoms with Gasteiger partial charge in [0.25, 0.3) is 0 Å². The first-order valence-electron chi connectivity index (χ1n) is 15.2. The molecule has 0 aliphatic carbocycles. The van der Waals surface area contributed by atoms with Crippen molar-refractivity contribution in [2.45, 2.75) is 0 Å². The zero-order valence-electron chi connectivity index (χ0n) is 24.3. The lowest BCUT2D eigenvalue weighted by Gasteiger charge is -2.17. The van der Waals surface area contributed by atoms with Gasteiger partial charge in [-0.1, -0.05) is 133 Å². The lowest BCUT2D eigenvalue weighted by Crippen LogP contribution is -1.97. The van der Waals surface area contributed by atoms with Crippen molar-refractivity contribution < 1.29 is 4.42 Å². The molecule has 0 amide bonds. The Morgan fingerprint density at radius 1 is 0.400 bits per heavy atom. The molecule has 0 aliphatic heterocycles. The van der Waals surface area contributed by atoms with Crippen LogP contribution in [0.5, 0.6) is 0 Å². The van der Waals surface area contributed by atoms with E-state index in [0.717, 1.165) is 44.8 Å². The first-order chi connectivity index (χ1) is 22.3. The molecular weight excluding hydrogens is 548 g/mol. The van der Waals surface area contributed by atoms with E-state index in [2.05, 4.69) is 121 Å². The SMILES string of the molecule is c1ccc(-c2nc(-c3cc4ccccc4o3)cc(-c3ccccc3-c3c4ccccc4cc4c3ccc3ccccc34)n2)cc1. The normalized spacial score (nSPS) is 11.6. The maximum absolute atomic E-state index is 6.32. The lowest BCUT2D eigenvalue weighted by molar-refractivity contribution is 0.628. The quantitative estimate of drug-likeness (QED) is 0.155. The summed E-state index contributed by atoms with van der Waals surface area (Å²) < 4.78 is 6.32. The highest BCUT2D eigenvalue weighted by Gasteiger charge is 2.19. The van der Waals surface area contributed by atoms with Crippen LogP contribution in [0.25, 0.3) is 88.5 Å². The Hall–Kier alpha value is -6.06. The molecule has 210 valence electrons. The van der Waals surface area contributed by atoms with Crippen LogP contribution in [0.15, 0.2) is 162 Å². The molecule has 0 fully saturated rings. The fourth-order valence-electron chi connectivity index (χ4n) is 6.57. The monoisotopic (exact) mass is 574 g/mol.